The van der Waals surface area contributed by atoms with E-state index in [2.05, 4.69) is 26.2 Å². The molecule has 0 unspecified atom stereocenters. The number of H-pyrrole nitrogens is 2. The minimum atomic E-state index is -0.0795. The smallest absolute Gasteiger partial charge is 0.270 e. The molecule has 1 aliphatic rings. The quantitative estimate of drug-likeness (QED) is 0.739. The second-order valence-electron chi connectivity index (χ2n) is 5.81. The summed E-state index contributed by atoms with van der Waals surface area (Å²) in [5, 5.41) is 15.7. The highest BCUT2D eigenvalue weighted by atomic mass is 16.2. The number of imidazole rings is 1. The molecule has 0 saturated heterocycles. The van der Waals surface area contributed by atoms with Crippen LogP contribution < -0.4 is 0 Å². The molecular formula is C16H15N7O. The molecule has 3 aromatic rings. The zero-order valence-corrected chi connectivity index (χ0v) is 13.1. The summed E-state index contributed by atoms with van der Waals surface area (Å²) in [5.74, 6) is 0.679. The van der Waals surface area contributed by atoms with E-state index >= 15 is 0 Å². The van der Waals surface area contributed by atoms with E-state index in [0.29, 0.717) is 30.8 Å². The van der Waals surface area contributed by atoms with Crippen LogP contribution in [0.15, 0.2) is 24.7 Å². The number of aromatic nitrogens is 5. The van der Waals surface area contributed by atoms with Crippen molar-refractivity contribution in [1.29, 1.82) is 5.26 Å². The van der Waals surface area contributed by atoms with Crippen molar-refractivity contribution in [3.63, 3.8) is 0 Å². The van der Waals surface area contributed by atoms with Gasteiger partial charge in [0, 0.05) is 32.4 Å². The SMILES string of the molecule is Cn1cc(C#N)cc1C(=O)N1CCc2nc(-c3cn[nH]c3)[nH]c2C1. The number of amides is 1. The Labute approximate surface area is 137 Å². The summed E-state index contributed by atoms with van der Waals surface area (Å²) in [6.07, 6.45) is 5.85. The fourth-order valence-corrected chi connectivity index (χ4v) is 2.98. The molecule has 8 nitrogen and oxygen atoms in total. The topological polar surface area (TPSA) is 106 Å². The number of nitrogens with one attached hydrogen (secondary N) is 2. The molecule has 8 heteroatoms. The van der Waals surface area contributed by atoms with Gasteiger partial charge in [-0.3, -0.25) is 9.89 Å². The van der Waals surface area contributed by atoms with Gasteiger partial charge in [0.25, 0.3) is 5.91 Å². The zero-order chi connectivity index (χ0) is 16.7. The Bertz CT molecular complexity index is 942. The Hall–Kier alpha value is -3.34. The van der Waals surface area contributed by atoms with E-state index in [1.165, 1.54) is 0 Å². The Balaban J connectivity index is 1.59. The van der Waals surface area contributed by atoms with Crippen LogP contribution in [0.3, 0.4) is 0 Å². The number of fused-ring (bicyclic) bond motifs is 1. The Kier molecular flexibility index (Phi) is 3.20. The molecule has 0 fully saturated rings. The molecule has 0 saturated carbocycles. The van der Waals surface area contributed by atoms with Gasteiger partial charge in [0.15, 0.2) is 0 Å². The summed E-state index contributed by atoms with van der Waals surface area (Å²) >= 11 is 0. The van der Waals surface area contributed by atoms with Gasteiger partial charge >= 0.3 is 0 Å². The first kappa shape index (κ1) is 14.3. The highest BCUT2D eigenvalue weighted by Gasteiger charge is 2.26. The number of aromatic amines is 2. The van der Waals surface area contributed by atoms with Crippen molar-refractivity contribution in [3.8, 4) is 17.5 Å². The minimum Gasteiger partial charge on any atom is -0.345 e. The third kappa shape index (κ3) is 2.27. The number of hydrogen-bond donors (Lipinski definition) is 2. The van der Waals surface area contributed by atoms with E-state index < -0.39 is 0 Å². The zero-order valence-electron chi connectivity index (χ0n) is 13.1. The predicted molar refractivity (Wildman–Crippen MR) is 84.7 cm³/mol. The van der Waals surface area contributed by atoms with Gasteiger partial charge in [-0.05, 0) is 6.07 Å². The van der Waals surface area contributed by atoms with Crippen molar-refractivity contribution >= 4 is 5.91 Å². The van der Waals surface area contributed by atoms with Gasteiger partial charge in [0.1, 0.15) is 17.6 Å². The first-order valence-electron chi connectivity index (χ1n) is 7.58. The van der Waals surface area contributed by atoms with Gasteiger partial charge in [-0.1, -0.05) is 0 Å². The predicted octanol–water partition coefficient (Wildman–Crippen LogP) is 1.21. The van der Waals surface area contributed by atoms with Crippen molar-refractivity contribution in [2.75, 3.05) is 6.54 Å². The molecule has 2 N–H and O–H groups in total. The average Bonchev–Trinajstić information content (AvgIpc) is 3.31. The number of carbonyl (C=O) groups excluding carboxylic acids is 1. The van der Waals surface area contributed by atoms with Gasteiger partial charge in [-0.15, -0.1) is 0 Å². The van der Waals surface area contributed by atoms with Crippen LogP contribution in [0.5, 0.6) is 0 Å². The van der Waals surface area contributed by atoms with Crippen LogP contribution in [-0.4, -0.2) is 42.1 Å². The first-order chi connectivity index (χ1) is 11.7. The van der Waals surface area contributed by atoms with Crippen molar-refractivity contribution in [2.24, 2.45) is 7.05 Å². The molecule has 4 rings (SSSR count). The number of nitriles is 1. The van der Waals surface area contributed by atoms with E-state index in [9.17, 15) is 4.79 Å². The van der Waals surface area contributed by atoms with Crippen LogP contribution in [-0.2, 0) is 20.0 Å². The third-order valence-electron chi connectivity index (χ3n) is 4.24. The minimum absolute atomic E-state index is 0.0795. The van der Waals surface area contributed by atoms with Gasteiger partial charge in [0.2, 0.25) is 0 Å². The summed E-state index contributed by atoms with van der Waals surface area (Å²) < 4.78 is 1.69. The standard InChI is InChI=1S/C16H15N7O/c1-22-8-10(5-17)4-14(22)16(24)23-3-2-12-13(9-23)21-15(20-12)11-6-18-19-7-11/h4,6-8H,2-3,9H2,1H3,(H,18,19)(H,20,21). The Morgan fingerprint density at radius 3 is 3.04 bits per heavy atom. The fraction of sp³-hybridized carbons (Fsp3) is 0.250. The molecule has 1 amide bonds. The maximum Gasteiger partial charge on any atom is 0.270 e. The van der Waals surface area contributed by atoms with Crippen LogP contribution in [0.1, 0.15) is 27.4 Å². The number of rotatable bonds is 2. The molecule has 4 heterocycles. The molecule has 3 aromatic heterocycles. The molecule has 24 heavy (non-hydrogen) atoms. The van der Waals surface area contributed by atoms with Crippen molar-refractivity contribution in [1.82, 2.24) is 29.6 Å². The largest absolute Gasteiger partial charge is 0.345 e. The normalized spacial score (nSPS) is 13.6. The third-order valence-corrected chi connectivity index (χ3v) is 4.24. The van der Waals surface area contributed by atoms with Crippen molar-refractivity contribution < 1.29 is 4.79 Å². The monoisotopic (exact) mass is 321 g/mol. The average molecular weight is 321 g/mol. The second kappa shape index (κ2) is 5.38. The highest BCUT2D eigenvalue weighted by Crippen LogP contribution is 2.23. The summed E-state index contributed by atoms with van der Waals surface area (Å²) in [4.78, 5) is 22.4. The first-order valence-corrected chi connectivity index (χ1v) is 7.58. The molecule has 120 valence electrons. The molecule has 0 aromatic carbocycles. The van der Waals surface area contributed by atoms with Gasteiger partial charge in [-0.25, -0.2) is 4.98 Å². The maximum absolute atomic E-state index is 12.7. The van der Waals surface area contributed by atoms with Gasteiger partial charge in [0.05, 0.1) is 35.3 Å². The van der Waals surface area contributed by atoms with E-state index in [0.717, 1.165) is 22.8 Å². The molecule has 0 atom stereocenters. The lowest BCUT2D eigenvalue weighted by atomic mass is 10.1. The fourth-order valence-electron chi connectivity index (χ4n) is 2.98. The van der Waals surface area contributed by atoms with E-state index in [1.807, 2.05) is 0 Å². The summed E-state index contributed by atoms with van der Waals surface area (Å²) in [6.45, 7) is 1.08. The number of hydrogen-bond acceptors (Lipinski definition) is 4. The number of aryl methyl sites for hydroxylation is 1. The lowest BCUT2D eigenvalue weighted by Gasteiger charge is -2.26. The Morgan fingerprint density at radius 1 is 1.46 bits per heavy atom. The molecule has 0 aliphatic carbocycles. The van der Waals surface area contributed by atoms with Crippen LogP contribution in [0, 0.1) is 11.3 Å². The number of nitrogens with zero attached hydrogens (tertiary/aromatic N) is 5. The molecule has 1 aliphatic heterocycles. The molecule has 0 bridgehead atoms. The van der Waals surface area contributed by atoms with E-state index in [4.69, 9.17) is 5.26 Å². The summed E-state index contributed by atoms with van der Waals surface area (Å²) in [5.41, 5.74) is 3.83. The lowest BCUT2D eigenvalue weighted by molar-refractivity contribution is 0.0722. The van der Waals surface area contributed by atoms with Crippen LogP contribution >= 0.6 is 0 Å². The molecular weight excluding hydrogens is 306 g/mol. The highest BCUT2D eigenvalue weighted by molar-refractivity contribution is 5.93. The summed E-state index contributed by atoms with van der Waals surface area (Å²) in [7, 11) is 1.77. The van der Waals surface area contributed by atoms with Crippen molar-refractivity contribution in [2.45, 2.75) is 13.0 Å². The van der Waals surface area contributed by atoms with Gasteiger partial charge < -0.3 is 14.5 Å². The maximum atomic E-state index is 12.7. The lowest BCUT2D eigenvalue weighted by Crippen LogP contribution is -2.36. The Morgan fingerprint density at radius 2 is 2.33 bits per heavy atom. The van der Waals surface area contributed by atoms with E-state index in [-0.39, 0.29) is 5.91 Å². The van der Waals surface area contributed by atoms with Crippen LogP contribution in [0.25, 0.3) is 11.4 Å². The van der Waals surface area contributed by atoms with Crippen LogP contribution in [0.2, 0.25) is 0 Å². The van der Waals surface area contributed by atoms with E-state index in [1.54, 1.807) is 41.2 Å². The van der Waals surface area contributed by atoms with Crippen molar-refractivity contribution in [3.05, 3.63) is 47.3 Å². The van der Waals surface area contributed by atoms with Crippen LogP contribution in [0.4, 0.5) is 0 Å². The number of carbonyl (C=O) groups is 1. The summed E-state index contributed by atoms with van der Waals surface area (Å²) in [6, 6.07) is 3.69. The second-order valence-corrected chi connectivity index (χ2v) is 5.81. The molecule has 0 spiro atoms. The van der Waals surface area contributed by atoms with Gasteiger partial charge in [-0.2, -0.15) is 10.4 Å². The molecule has 0 radical (unpaired) electrons.